The predicted octanol–water partition coefficient (Wildman–Crippen LogP) is 1.62. The van der Waals surface area contributed by atoms with Crippen LogP contribution in [0.1, 0.15) is 5.56 Å². The Labute approximate surface area is 106 Å². The van der Waals surface area contributed by atoms with Gasteiger partial charge in [-0.25, -0.2) is 4.39 Å². The lowest BCUT2D eigenvalue weighted by molar-refractivity contribution is 0.160. The largest absolute Gasteiger partial charge is 0.391 e. The first kappa shape index (κ1) is 14.4. The molecule has 3 nitrogen and oxygen atoms in total. The second-order valence-corrected chi connectivity index (χ2v) is 4.20. The maximum atomic E-state index is 13.0. The molecule has 0 heterocycles. The highest BCUT2D eigenvalue weighted by molar-refractivity contribution is 6.31. The zero-order valence-electron chi connectivity index (χ0n) is 9.75. The molecule has 1 aromatic rings. The van der Waals surface area contributed by atoms with Crippen LogP contribution in [-0.4, -0.2) is 38.0 Å². The SMILES string of the molecule is COCCNCC(O)Cc1cc(F)ccc1Cl. The highest BCUT2D eigenvalue weighted by atomic mass is 35.5. The van der Waals surface area contributed by atoms with Crippen molar-refractivity contribution < 1.29 is 14.2 Å². The molecule has 2 N–H and O–H groups in total. The Hall–Kier alpha value is -0.680. The molecule has 0 aliphatic heterocycles. The summed E-state index contributed by atoms with van der Waals surface area (Å²) >= 11 is 5.91. The number of nitrogens with one attached hydrogen (secondary N) is 1. The number of halogens is 2. The van der Waals surface area contributed by atoms with Crippen molar-refractivity contribution in [3.63, 3.8) is 0 Å². The first-order valence-corrected chi connectivity index (χ1v) is 5.83. The standard InChI is InChI=1S/C12H17ClFNO2/c1-17-5-4-15-8-11(16)7-9-6-10(14)2-3-12(9)13/h2-3,6,11,15-16H,4-5,7-8H2,1H3. The van der Waals surface area contributed by atoms with Gasteiger partial charge in [0.1, 0.15) is 5.82 Å². The summed E-state index contributed by atoms with van der Waals surface area (Å²) in [5.41, 5.74) is 0.618. The molecule has 1 atom stereocenters. The molecule has 0 bridgehead atoms. The highest BCUT2D eigenvalue weighted by Crippen LogP contribution is 2.18. The summed E-state index contributed by atoms with van der Waals surface area (Å²) in [6, 6.07) is 4.15. The molecule has 0 spiro atoms. The minimum absolute atomic E-state index is 0.330. The van der Waals surface area contributed by atoms with Gasteiger partial charge in [0.15, 0.2) is 0 Å². The number of benzene rings is 1. The number of hydrogen-bond donors (Lipinski definition) is 2. The van der Waals surface area contributed by atoms with E-state index in [1.54, 1.807) is 7.11 Å². The van der Waals surface area contributed by atoms with Gasteiger partial charge in [-0.2, -0.15) is 0 Å². The molecule has 0 aliphatic carbocycles. The van der Waals surface area contributed by atoms with Crippen molar-refractivity contribution >= 4 is 11.6 Å². The van der Waals surface area contributed by atoms with Crippen LogP contribution in [-0.2, 0) is 11.2 Å². The predicted molar refractivity (Wildman–Crippen MR) is 65.9 cm³/mol. The minimum Gasteiger partial charge on any atom is -0.391 e. The van der Waals surface area contributed by atoms with E-state index in [0.717, 1.165) is 0 Å². The molecule has 0 saturated carbocycles. The summed E-state index contributed by atoms with van der Waals surface area (Å²) in [6.07, 6.45) is -0.262. The van der Waals surface area contributed by atoms with Crippen LogP contribution in [0.15, 0.2) is 18.2 Å². The van der Waals surface area contributed by atoms with E-state index in [0.29, 0.717) is 36.7 Å². The third-order valence-electron chi connectivity index (χ3n) is 2.33. The molecule has 0 fully saturated rings. The lowest BCUT2D eigenvalue weighted by Crippen LogP contribution is -2.30. The van der Waals surface area contributed by atoms with Gasteiger partial charge in [-0.05, 0) is 23.8 Å². The van der Waals surface area contributed by atoms with Crippen LogP contribution < -0.4 is 5.32 Å². The Balaban J connectivity index is 2.39. The molecule has 1 aromatic carbocycles. The number of hydrogen-bond acceptors (Lipinski definition) is 3. The molecule has 17 heavy (non-hydrogen) atoms. The molecule has 0 aliphatic rings. The third-order valence-corrected chi connectivity index (χ3v) is 2.69. The molecule has 5 heteroatoms. The maximum absolute atomic E-state index is 13.0. The van der Waals surface area contributed by atoms with Gasteiger partial charge in [0.05, 0.1) is 12.7 Å². The lowest BCUT2D eigenvalue weighted by Gasteiger charge is -2.12. The van der Waals surface area contributed by atoms with Crippen LogP contribution in [0.2, 0.25) is 5.02 Å². The van der Waals surface area contributed by atoms with E-state index >= 15 is 0 Å². The molecule has 0 amide bonds. The molecule has 1 rings (SSSR count). The third kappa shape index (κ3) is 5.46. The Morgan fingerprint density at radius 2 is 2.29 bits per heavy atom. The van der Waals surface area contributed by atoms with Crippen molar-refractivity contribution in [2.75, 3.05) is 26.8 Å². The van der Waals surface area contributed by atoms with Gasteiger partial charge in [0, 0.05) is 31.6 Å². The fourth-order valence-corrected chi connectivity index (χ4v) is 1.66. The number of aliphatic hydroxyl groups excluding tert-OH is 1. The van der Waals surface area contributed by atoms with Crippen molar-refractivity contribution in [2.45, 2.75) is 12.5 Å². The molecule has 0 saturated heterocycles. The van der Waals surface area contributed by atoms with Crippen LogP contribution in [0.3, 0.4) is 0 Å². The number of ether oxygens (including phenoxy) is 1. The average molecular weight is 262 g/mol. The Morgan fingerprint density at radius 3 is 3.00 bits per heavy atom. The van der Waals surface area contributed by atoms with E-state index in [1.807, 2.05) is 0 Å². The van der Waals surface area contributed by atoms with Crippen molar-refractivity contribution in [3.8, 4) is 0 Å². The fraction of sp³-hybridized carbons (Fsp3) is 0.500. The molecular weight excluding hydrogens is 245 g/mol. The number of rotatable bonds is 7. The monoisotopic (exact) mass is 261 g/mol. The second kappa shape index (κ2) is 7.61. The van der Waals surface area contributed by atoms with E-state index in [1.165, 1.54) is 18.2 Å². The molecule has 0 aromatic heterocycles. The summed E-state index contributed by atoms with van der Waals surface area (Å²) < 4.78 is 17.8. The molecule has 0 radical (unpaired) electrons. The number of aliphatic hydroxyl groups is 1. The smallest absolute Gasteiger partial charge is 0.123 e. The first-order valence-electron chi connectivity index (χ1n) is 5.45. The van der Waals surface area contributed by atoms with E-state index in [-0.39, 0.29) is 5.82 Å². The summed E-state index contributed by atoms with van der Waals surface area (Å²) in [4.78, 5) is 0. The van der Waals surface area contributed by atoms with Crippen molar-refractivity contribution in [3.05, 3.63) is 34.6 Å². The lowest BCUT2D eigenvalue weighted by atomic mass is 10.1. The first-order chi connectivity index (χ1) is 8.13. The minimum atomic E-state index is -0.592. The van der Waals surface area contributed by atoms with Crippen LogP contribution >= 0.6 is 11.6 Å². The molecular formula is C12H17ClFNO2. The van der Waals surface area contributed by atoms with Gasteiger partial charge in [-0.3, -0.25) is 0 Å². The van der Waals surface area contributed by atoms with Crippen LogP contribution in [0.25, 0.3) is 0 Å². The Morgan fingerprint density at radius 1 is 1.53 bits per heavy atom. The van der Waals surface area contributed by atoms with Crippen molar-refractivity contribution in [1.29, 1.82) is 0 Å². The summed E-state index contributed by atoms with van der Waals surface area (Å²) in [6.45, 7) is 1.69. The summed E-state index contributed by atoms with van der Waals surface area (Å²) in [7, 11) is 1.62. The second-order valence-electron chi connectivity index (χ2n) is 3.79. The number of methoxy groups -OCH3 is 1. The summed E-state index contributed by atoms with van der Waals surface area (Å²) in [5, 5.41) is 13.2. The zero-order valence-corrected chi connectivity index (χ0v) is 10.5. The van der Waals surface area contributed by atoms with E-state index in [9.17, 15) is 9.50 Å². The summed E-state index contributed by atoms with van der Waals surface area (Å²) in [5.74, 6) is -0.344. The molecule has 1 unspecified atom stereocenters. The van der Waals surface area contributed by atoms with Gasteiger partial charge in [0.2, 0.25) is 0 Å². The van der Waals surface area contributed by atoms with Gasteiger partial charge < -0.3 is 15.2 Å². The van der Waals surface area contributed by atoms with Crippen LogP contribution in [0, 0.1) is 5.82 Å². The molecule has 96 valence electrons. The fourth-order valence-electron chi connectivity index (χ4n) is 1.47. The van der Waals surface area contributed by atoms with Crippen molar-refractivity contribution in [1.82, 2.24) is 5.32 Å². The zero-order chi connectivity index (χ0) is 12.7. The normalized spacial score (nSPS) is 12.7. The Kier molecular flexibility index (Phi) is 6.44. The van der Waals surface area contributed by atoms with Crippen molar-refractivity contribution in [2.24, 2.45) is 0 Å². The van der Waals surface area contributed by atoms with Crippen LogP contribution in [0.5, 0.6) is 0 Å². The van der Waals surface area contributed by atoms with Gasteiger partial charge in [-0.15, -0.1) is 0 Å². The van der Waals surface area contributed by atoms with Gasteiger partial charge >= 0.3 is 0 Å². The van der Waals surface area contributed by atoms with Gasteiger partial charge in [-0.1, -0.05) is 11.6 Å². The highest BCUT2D eigenvalue weighted by Gasteiger charge is 2.09. The van der Waals surface area contributed by atoms with E-state index < -0.39 is 6.10 Å². The maximum Gasteiger partial charge on any atom is 0.123 e. The average Bonchev–Trinajstić information content (AvgIpc) is 2.29. The van der Waals surface area contributed by atoms with Crippen LogP contribution in [0.4, 0.5) is 4.39 Å². The van der Waals surface area contributed by atoms with E-state index in [4.69, 9.17) is 16.3 Å². The quantitative estimate of drug-likeness (QED) is 0.733. The Bertz CT molecular complexity index is 349. The van der Waals surface area contributed by atoms with E-state index in [2.05, 4.69) is 5.32 Å². The topological polar surface area (TPSA) is 41.5 Å². The van der Waals surface area contributed by atoms with Gasteiger partial charge in [0.25, 0.3) is 0 Å².